The fraction of sp³-hybridized carbons (Fsp3) is 0.269. The van der Waals surface area contributed by atoms with Crippen LogP contribution in [0.3, 0.4) is 0 Å². The van der Waals surface area contributed by atoms with Gasteiger partial charge in [-0.1, -0.05) is 45.1 Å². The fourth-order valence-electron chi connectivity index (χ4n) is 3.49. The van der Waals surface area contributed by atoms with Crippen molar-refractivity contribution in [3.05, 3.63) is 81.5 Å². The SMILES string of the molecule is CCS(=O)(=O)Nc1ccc(C=Cc2cc(-c3cc(F)c[nH]c3=O)cc(C(C)(C)C)c2OC)cc1. The summed E-state index contributed by atoms with van der Waals surface area (Å²) < 4.78 is 45.6. The molecule has 0 aliphatic rings. The molecule has 2 aromatic carbocycles. The van der Waals surface area contributed by atoms with Gasteiger partial charge in [-0.2, -0.15) is 0 Å². The summed E-state index contributed by atoms with van der Waals surface area (Å²) in [6.45, 7) is 7.68. The number of hydrogen-bond acceptors (Lipinski definition) is 4. The lowest BCUT2D eigenvalue weighted by Crippen LogP contribution is -2.15. The minimum absolute atomic E-state index is 0.00491. The zero-order valence-corrected chi connectivity index (χ0v) is 20.7. The highest BCUT2D eigenvalue weighted by molar-refractivity contribution is 7.92. The molecular formula is C26H29FN2O4S. The third-order valence-electron chi connectivity index (χ3n) is 5.33. The first-order valence-electron chi connectivity index (χ1n) is 10.8. The molecule has 0 spiro atoms. The van der Waals surface area contributed by atoms with Crippen molar-refractivity contribution < 1.29 is 17.5 Å². The predicted octanol–water partition coefficient (Wildman–Crippen LogP) is 5.42. The number of methoxy groups -OCH3 is 1. The molecule has 0 bridgehead atoms. The van der Waals surface area contributed by atoms with Crippen LogP contribution in [0.15, 0.2) is 53.5 Å². The molecule has 0 radical (unpaired) electrons. The van der Waals surface area contributed by atoms with Crippen LogP contribution in [0.2, 0.25) is 0 Å². The first kappa shape index (κ1) is 25.2. The van der Waals surface area contributed by atoms with Gasteiger partial charge in [0.2, 0.25) is 10.0 Å². The Bertz CT molecular complexity index is 1370. The highest BCUT2D eigenvalue weighted by Gasteiger charge is 2.23. The number of pyridine rings is 1. The number of hydrogen-bond donors (Lipinski definition) is 2. The fourth-order valence-corrected chi connectivity index (χ4v) is 4.13. The molecule has 2 N–H and O–H groups in total. The van der Waals surface area contributed by atoms with Crippen LogP contribution in [0, 0.1) is 5.82 Å². The number of ether oxygens (including phenoxy) is 1. The predicted molar refractivity (Wildman–Crippen MR) is 136 cm³/mol. The van der Waals surface area contributed by atoms with Crippen molar-refractivity contribution >= 4 is 27.9 Å². The van der Waals surface area contributed by atoms with Gasteiger partial charge in [-0.25, -0.2) is 12.8 Å². The quantitative estimate of drug-likeness (QED) is 0.439. The van der Waals surface area contributed by atoms with Gasteiger partial charge in [0.15, 0.2) is 0 Å². The molecule has 1 heterocycles. The Morgan fingerprint density at radius 2 is 1.76 bits per heavy atom. The average Bonchev–Trinajstić information content (AvgIpc) is 2.78. The van der Waals surface area contributed by atoms with E-state index in [1.54, 1.807) is 44.4 Å². The van der Waals surface area contributed by atoms with Crippen molar-refractivity contribution in [2.75, 3.05) is 17.6 Å². The molecular weight excluding hydrogens is 455 g/mol. The molecule has 1 aromatic heterocycles. The van der Waals surface area contributed by atoms with E-state index in [0.717, 1.165) is 22.9 Å². The molecule has 0 aliphatic carbocycles. The average molecular weight is 485 g/mol. The van der Waals surface area contributed by atoms with Gasteiger partial charge in [0.1, 0.15) is 11.6 Å². The molecule has 6 nitrogen and oxygen atoms in total. The lowest BCUT2D eigenvalue weighted by Gasteiger charge is -2.24. The summed E-state index contributed by atoms with van der Waals surface area (Å²) in [4.78, 5) is 14.8. The van der Waals surface area contributed by atoms with E-state index in [1.807, 2.05) is 39.0 Å². The van der Waals surface area contributed by atoms with Gasteiger partial charge in [-0.15, -0.1) is 0 Å². The van der Waals surface area contributed by atoms with Gasteiger partial charge >= 0.3 is 0 Å². The normalized spacial score (nSPS) is 12.2. The van der Waals surface area contributed by atoms with Crippen LogP contribution in [-0.2, 0) is 15.4 Å². The highest BCUT2D eigenvalue weighted by Crippen LogP contribution is 2.38. The number of aromatic amines is 1. The smallest absolute Gasteiger partial charge is 0.256 e. The first-order chi connectivity index (χ1) is 15.9. The molecule has 34 heavy (non-hydrogen) atoms. The molecule has 8 heteroatoms. The van der Waals surface area contributed by atoms with Gasteiger partial charge < -0.3 is 9.72 Å². The standard InChI is InChI=1S/C26H29FN2O4S/c1-6-34(31,32)29-21-11-8-17(9-12-21)7-10-18-13-19(22-15-20(27)16-28-25(22)30)14-23(24(18)33-5)26(2,3)4/h7-16,29H,6H2,1-5H3,(H,28,30). The molecule has 0 aliphatic heterocycles. The number of benzene rings is 2. The Morgan fingerprint density at radius 3 is 2.35 bits per heavy atom. The summed E-state index contributed by atoms with van der Waals surface area (Å²) >= 11 is 0. The second kappa shape index (κ2) is 9.85. The van der Waals surface area contributed by atoms with E-state index in [9.17, 15) is 17.6 Å². The third kappa shape index (κ3) is 5.94. The molecule has 3 aromatic rings. The van der Waals surface area contributed by atoms with Crippen molar-refractivity contribution in [3.8, 4) is 16.9 Å². The lowest BCUT2D eigenvalue weighted by molar-refractivity contribution is 0.397. The van der Waals surface area contributed by atoms with E-state index in [0.29, 0.717) is 17.0 Å². The zero-order valence-electron chi connectivity index (χ0n) is 19.9. The number of aromatic nitrogens is 1. The molecule has 0 saturated heterocycles. The van der Waals surface area contributed by atoms with Gasteiger partial charge in [0.05, 0.1) is 12.9 Å². The second-order valence-electron chi connectivity index (χ2n) is 8.92. The topological polar surface area (TPSA) is 88.3 Å². The van der Waals surface area contributed by atoms with Crippen LogP contribution in [0.5, 0.6) is 5.75 Å². The van der Waals surface area contributed by atoms with E-state index in [-0.39, 0.29) is 22.3 Å². The van der Waals surface area contributed by atoms with E-state index in [1.165, 1.54) is 6.07 Å². The minimum atomic E-state index is -3.35. The number of nitrogens with one attached hydrogen (secondary N) is 2. The van der Waals surface area contributed by atoms with E-state index >= 15 is 0 Å². The molecule has 3 rings (SSSR count). The number of halogens is 1. The number of anilines is 1. The largest absolute Gasteiger partial charge is 0.496 e. The third-order valence-corrected chi connectivity index (χ3v) is 6.64. The van der Waals surface area contributed by atoms with Gasteiger partial charge in [-0.05, 0) is 53.8 Å². The molecule has 0 amide bonds. The summed E-state index contributed by atoms with van der Waals surface area (Å²) in [7, 11) is -1.76. The summed E-state index contributed by atoms with van der Waals surface area (Å²) in [5, 5.41) is 0. The first-order valence-corrected chi connectivity index (χ1v) is 12.5. The van der Waals surface area contributed by atoms with Gasteiger partial charge in [0, 0.05) is 28.6 Å². The highest BCUT2D eigenvalue weighted by atomic mass is 32.2. The Labute approximate surface area is 199 Å². The Hall–Kier alpha value is -3.39. The minimum Gasteiger partial charge on any atom is -0.496 e. The van der Waals surface area contributed by atoms with E-state index in [4.69, 9.17) is 4.74 Å². The van der Waals surface area contributed by atoms with Crippen molar-refractivity contribution in [1.29, 1.82) is 0 Å². The zero-order chi connectivity index (χ0) is 25.1. The molecule has 0 atom stereocenters. The molecule has 0 unspecified atom stereocenters. The Kier molecular flexibility index (Phi) is 7.31. The van der Waals surface area contributed by atoms with Crippen molar-refractivity contribution in [1.82, 2.24) is 4.98 Å². The monoisotopic (exact) mass is 484 g/mol. The summed E-state index contributed by atoms with van der Waals surface area (Å²) in [5.74, 6) is 0.126. The summed E-state index contributed by atoms with van der Waals surface area (Å²) in [6, 6.07) is 11.8. The number of H-pyrrole nitrogens is 1. The number of rotatable bonds is 7. The van der Waals surface area contributed by atoms with E-state index < -0.39 is 15.8 Å². The van der Waals surface area contributed by atoms with Crippen LogP contribution in [-0.4, -0.2) is 26.3 Å². The summed E-state index contributed by atoms with van der Waals surface area (Å²) in [6.07, 6.45) is 4.75. The van der Waals surface area contributed by atoms with Crippen molar-refractivity contribution in [3.63, 3.8) is 0 Å². The molecule has 0 saturated carbocycles. The van der Waals surface area contributed by atoms with Crippen molar-refractivity contribution in [2.24, 2.45) is 0 Å². The van der Waals surface area contributed by atoms with Crippen LogP contribution in [0.1, 0.15) is 44.4 Å². The lowest BCUT2D eigenvalue weighted by atomic mass is 9.83. The van der Waals surface area contributed by atoms with Crippen LogP contribution in [0.4, 0.5) is 10.1 Å². The molecule has 180 valence electrons. The van der Waals surface area contributed by atoms with Gasteiger partial charge in [0.25, 0.3) is 5.56 Å². The van der Waals surface area contributed by atoms with Crippen molar-refractivity contribution in [2.45, 2.75) is 33.1 Å². The van der Waals surface area contributed by atoms with Crippen LogP contribution < -0.4 is 15.0 Å². The molecule has 0 fully saturated rings. The maximum absolute atomic E-state index is 13.9. The second-order valence-corrected chi connectivity index (χ2v) is 10.9. The van der Waals surface area contributed by atoms with Crippen LogP contribution in [0.25, 0.3) is 23.3 Å². The number of sulfonamides is 1. The maximum Gasteiger partial charge on any atom is 0.256 e. The van der Waals surface area contributed by atoms with Gasteiger partial charge in [-0.3, -0.25) is 9.52 Å². The van der Waals surface area contributed by atoms with Crippen LogP contribution >= 0.6 is 0 Å². The Morgan fingerprint density at radius 1 is 1.09 bits per heavy atom. The maximum atomic E-state index is 13.9. The Balaban J connectivity index is 2.07. The summed E-state index contributed by atoms with van der Waals surface area (Å²) in [5.41, 5.74) is 3.05. The van der Waals surface area contributed by atoms with E-state index in [2.05, 4.69) is 9.71 Å².